The Hall–Kier alpha value is -2.87. The third kappa shape index (κ3) is 4.05. The van der Waals surface area contributed by atoms with E-state index in [1.54, 1.807) is 0 Å². The van der Waals surface area contributed by atoms with Crippen LogP contribution in [-0.4, -0.2) is 52.7 Å². The second kappa shape index (κ2) is 8.47. The minimum Gasteiger partial charge on any atom is -0.377 e. The highest BCUT2D eigenvalue weighted by Gasteiger charge is 2.22. The highest BCUT2D eigenvalue weighted by Crippen LogP contribution is 2.27. The number of benzene rings is 1. The van der Waals surface area contributed by atoms with E-state index in [0.717, 1.165) is 48.9 Å². The molecule has 1 saturated heterocycles. The molecule has 8 nitrogen and oxygen atoms in total. The summed E-state index contributed by atoms with van der Waals surface area (Å²) >= 11 is 0. The van der Waals surface area contributed by atoms with Crippen LogP contribution in [-0.2, 0) is 6.54 Å². The molecule has 160 valence electrons. The zero-order chi connectivity index (χ0) is 21.3. The van der Waals surface area contributed by atoms with E-state index in [1.165, 1.54) is 11.3 Å². The zero-order valence-electron chi connectivity index (χ0n) is 18.3. The van der Waals surface area contributed by atoms with E-state index in [0.29, 0.717) is 6.54 Å². The van der Waals surface area contributed by atoms with Gasteiger partial charge in [-0.15, -0.1) is 0 Å². The number of nitrogens with two attached hydrogens (primary N) is 1. The molecular formula is C22H32N8. The maximum atomic E-state index is 6.10. The molecule has 4 rings (SSSR count). The molecule has 0 saturated carbocycles. The van der Waals surface area contributed by atoms with Gasteiger partial charge in [-0.05, 0) is 38.3 Å². The van der Waals surface area contributed by atoms with Crippen molar-refractivity contribution in [2.75, 3.05) is 42.3 Å². The molecule has 0 unspecified atom stereocenters. The fraction of sp³-hybridized carbons (Fsp3) is 0.500. The predicted molar refractivity (Wildman–Crippen MR) is 123 cm³/mol. The van der Waals surface area contributed by atoms with Gasteiger partial charge in [-0.3, -0.25) is 0 Å². The summed E-state index contributed by atoms with van der Waals surface area (Å²) in [6.07, 6.45) is 3.78. The topological polar surface area (TPSA) is 88.1 Å². The Morgan fingerprint density at radius 3 is 2.60 bits per heavy atom. The van der Waals surface area contributed by atoms with Gasteiger partial charge in [-0.25, -0.2) is 4.98 Å². The molecule has 0 bridgehead atoms. The van der Waals surface area contributed by atoms with Crippen LogP contribution in [0.15, 0.2) is 30.6 Å². The fourth-order valence-corrected chi connectivity index (χ4v) is 3.92. The maximum absolute atomic E-state index is 6.10. The van der Waals surface area contributed by atoms with Crippen LogP contribution in [0.3, 0.4) is 0 Å². The molecule has 0 aliphatic carbocycles. The van der Waals surface area contributed by atoms with E-state index < -0.39 is 0 Å². The molecule has 0 radical (unpaired) electrons. The summed E-state index contributed by atoms with van der Waals surface area (Å²) in [5, 5.41) is 3.53. The van der Waals surface area contributed by atoms with Crippen LogP contribution in [0.4, 0.5) is 17.5 Å². The van der Waals surface area contributed by atoms with Crippen molar-refractivity contribution >= 4 is 28.6 Å². The molecule has 1 aliphatic rings. The SMILES string of the molecule is CC(C)n1cnc2c(NCc3ccccc3N(C)C)nc(N3CCC(N)CC3)nc21. The number of hydrogen-bond acceptors (Lipinski definition) is 7. The Kier molecular flexibility index (Phi) is 5.76. The Bertz CT molecular complexity index is 1000. The molecule has 0 atom stereocenters. The number of imidazole rings is 1. The third-order valence-electron chi connectivity index (χ3n) is 5.71. The molecule has 2 aromatic heterocycles. The van der Waals surface area contributed by atoms with Crippen LogP contribution in [0.5, 0.6) is 0 Å². The number of nitrogens with one attached hydrogen (secondary N) is 1. The van der Waals surface area contributed by atoms with Gasteiger partial charge in [0.1, 0.15) is 0 Å². The van der Waals surface area contributed by atoms with Crippen LogP contribution in [0.2, 0.25) is 0 Å². The van der Waals surface area contributed by atoms with Gasteiger partial charge >= 0.3 is 0 Å². The Morgan fingerprint density at radius 1 is 1.17 bits per heavy atom. The monoisotopic (exact) mass is 408 g/mol. The molecule has 3 aromatic rings. The van der Waals surface area contributed by atoms with E-state index in [9.17, 15) is 0 Å². The lowest BCUT2D eigenvalue weighted by molar-refractivity contribution is 0.495. The molecule has 3 heterocycles. The average molecular weight is 409 g/mol. The van der Waals surface area contributed by atoms with Gasteiger partial charge in [-0.2, -0.15) is 9.97 Å². The van der Waals surface area contributed by atoms with Crippen molar-refractivity contribution in [3.05, 3.63) is 36.2 Å². The molecule has 3 N–H and O–H groups in total. The number of para-hydroxylation sites is 1. The molecular weight excluding hydrogens is 376 g/mol. The van der Waals surface area contributed by atoms with Gasteiger partial charge in [0, 0.05) is 51.5 Å². The van der Waals surface area contributed by atoms with Crippen LogP contribution >= 0.6 is 0 Å². The van der Waals surface area contributed by atoms with Crippen LogP contribution < -0.4 is 20.9 Å². The summed E-state index contributed by atoms with van der Waals surface area (Å²) in [6.45, 7) is 6.71. The van der Waals surface area contributed by atoms with Crippen LogP contribution in [0, 0.1) is 0 Å². The van der Waals surface area contributed by atoms with E-state index in [4.69, 9.17) is 15.7 Å². The molecule has 1 aliphatic heterocycles. The lowest BCUT2D eigenvalue weighted by Gasteiger charge is -2.30. The molecule has 0 amide bonds. The van der Waals surface area contributed by atoms with E-state index in [-0.39, 0.29) is 12.1 Å². The van der Waals surface area contributed by atoms with Crippen molar-refractivity contribution in [1.29, 1.82) is 0 Å². The van der Waals surface area contributed by atoms with Gasteiger partial charge in [-0.1, -0.05) is 18.2 Å². The number of anilines is 3. The Balaban J connectivity index is 1.69. The van der Waals surface area contributed by atoms with E-state index in [2.05, 4.69) is 76.9 Å². The van der Waals surface area contributed by atoms with Gasteiger partial charge in [0.25, 0.3) is 0 Å². The van der Waals surface area contributed by atoms with Crippen molar-refractivity contribution in [2.24, 2.45) is 5.73 Å². The number of piperidine rings is 1. The van der Waals surface area contributed by atoms with E-state index >= 15 is 0 Å². The predicted octanol–water partition coefficient (Wildman–Crippen LogP) is 3.01. The smallest absolute Gasteiger partial charge is 0.229 e. The van der Waals surface area contributed by atoms with Gasteiger partial charge in [0.05, 0.1) is 6.33 Å². The zero-order valence-corrected chi connectivity index (χ0v) is 18.3. The molecule has 30 heavy (non-hydrogen) atoms. The summed E-state index contributed by atoms with van der Waals surface area (Å²) in [5.41, 5.74) is 10.2. The van der Waals surface area contributed by atoms with Crippen LogP contribution in [0.1, 0.15) is 38.3 Å². The summed E-state index contributed by atoms with van der Waals surface area (Å²) in [5.74, 6) is 1.53. The van der Waals surface area contributed by atoms with Crippen molar-refractivity contribution in [2.45, 2.75) is 45.3 Å². The number of hydrogen-bond donors (Lipinski definition) is 2. The minimum atomic E-state index is 0.270. The minimum absolute atomic E-state index is 0.270. The van der Waals surface area contributed by atoms with E-state index in [1.807, 2.05) is 6.33 Å². The molecule has 8 heteroatoms. The first-order chi connectivity index (χ1) is 14.4. The summed E-state index contributed by atoms with van der Waals surface area (Å²) in [4.78, 5) is 18.8. The Labute approximate surface area is 178 Å². The number of fused-ring (bicyclic) bond motifs is 1. The maximum Gasteiger partial charge on any atom is 0.229 e. The van der Waals surface area contributed by atoms with Crippen molar-refractivity contribution < 1.29 is 0 Å². The fourth-order valence-electron chi connectivity index (χ4n) is 3.92. The van der Waals surface area contributed by atoms with Crippen molar-refractivity contribution in [3.63, 3.8) is 0 Å². The first kappa shape index (κ1) is 20.4. The summed E-state index contributed by atoms with van der Waals surface area (Å²) in [7, 11) is 4.12. The highest BCUT2D eigenvalue weighted by molar-refractivity contribution is 5.84. The molecule has 1 aromatic carbocycles. The average Bonchev–Trinajstić information content (AvgIpc) is 3.17. The Morgan fingerprint density at radius 2 is 1.90 bits per heavy atom. The lowest BCUT2D eigenvalue weighted by atomic mass is 10.1. The van der Waals surface area contributed by atoms with Crippen molar-refractivity contribution in [1.82, 2.24) is 19.5 Å². The number of nitrogens with zero attached hydrogens (tertiary/aromatic N) is 6. The first-order valence-corrected chi connectivity index (χ1v) is 10.7. The van der Waals surface area contributed by atoms with Gasteiger partial charge in [0.15, 0.2) is 17.0 Å². The summed E-state index contributed by atoms with van der Waals surface area (Å²) in [6, 6.07) is 8.94. The highest BCUT2D eigenvalue weighted by atomic mass is 15.3. The number of rotatable bonds is 6. The second-order valence-corrected chi connectivity index (χ2v) is 8.49. The van der Waals surface area contributed by atoms with Gasteiger partial charge in [0.2, 0.25) is 5.95 Å². The largest absolute Gasteiger partial charge is 0.377 e. The quantitative estimate of drug-likeness (QED) is 0.648. The normalized spacial score (nSPS) is 15.2. The first-order valence-electron chi connectivity index (χ1n) is 10.7. The van der Waals surface area contributed by atoms with Crippen molar-refractivity contribution in [3.8, 4) is 0 Å². The number of aromatic nitrogens is 4. The second-order valence-electron chi connectivity index (χ2n) is 8.49. The summed E-state index contributed by atoms with van der Waals surface area (Å²) < 4.78 is 2.11. The lowest BCUT2D eigenvalue weighted by Crippen LogP contribution is -2.40. The molecule has 1 fully saturated rings. The van der Waals surface area contributed by atoms with Crippen LogP contribution in [0.25, 0.3) is 11.2 Å². The van der Waals surface area contributed by atoms with Gasteiger partial charge < -0.3 is 25.4 Å². The standard InChI is InChI=1S/C22H32N8/c1-15(2)30-14-25-19-20(24-13-16-7-5-6-8-18(16)28(3)4)26-22(27-21(19)30)29-11-9-17(23)10-12-29/h5-8,14-15,17H,9-13,23H2,1-4H3,(H,24,26,27). The third-order valence-corrected chi connectivity index (χ3v) is 5.71. The molecule has 0 spiro atoms.